The summed E-state index contributed by atoms with van der Waals surface area (Å²) in [7, 11) is 1.70. The predicted molar refractivity (Wildman–Crippen MR) is 88.4 cm³/mol. The Bertz CT molecular complexity index is 670. The number of fused-ring (bicyclic) bond motifs is 1. The molecule has 1 aliphatic rings. The third-order valence-corrected chi connectivity index (χ3v) is 5.05. The number of benzene rings is 1. The lowest BCUT2D eigenvalue weighted by molar-refractivity contribution is 0.0753. The summed E-state index contributed by atoms with van der Waals surface area (Å²) in [5, 5.41) is 3.11. The second-order valence-electron chi connectivity index (χ2n) is 5.94. The maximum atomic E-state index is 12.5. The minimum Gasteiger partial charge on any atom is -0.378 e. The first-order valence-corrected chi connectivity index (χ1v) is 8.37. The Labute approximate surface area is 134 Å². The average molecular weight is 319 g/mol. The topological polar surface area (TPSA) is 54.5 Å². The molecule has 1 aliphatic heterocycles. The van der Waals surface area contributed by atoms with Crippen LogP contribution in [0.3, 0.4) is 0 Å². The summed E-state index contributed by atoms with van der Waals surface area (Å²) in [6.45, 7) is 5.99. The first-order chi connectivity index (χ1) is 10.6. The lowest BCUT2D eigenvalue weighted by Gasteiger charge is -2.20. The van der Waals surface area contributed by atoms with Crippen molar-refractivity contribution in [2.45, 2.75) is 32.0 Å². The van der Waals surface area contributed by atoms with Gasteiger partial charge in [-0.2, -0.15) is 0 Å². The van der Waals surface area contributed by atoms with E-state index < -0.39 is 0 Å². The van der Waals surface area contributed by atoms with Crippen molar-refractivity contribution in [1.29, 1.82) is 0 Å². The molecule has 3 rings (SSSR count). The molecule has 6 heteroatoms. The van der Waals surface area contributed by atoms with Crippen molar-refractivity contribution in [3.05, 3.63) is 29.3 Å². The number of amides is 1. The Morgan fingerprint density at radius 1 is 1.45 bits per heavy atom. The van der Waals surface area contributed by atoms with Gasteiger partial charge in [0.15, 0.2) is 0 Å². The summed E-state index contributed by atoms with van der Waals surface area (Å²) in [5.41, 5.74) is 3.32. The zero-order valence-electron chi connectivity index (χ0n) is 13.1. The second-order valence-corrected chi connectivity index (χ2v) is 6.82. The number of hydrogen-bond acceptors (Lipinski definition) is 5. The normalized spacial score (nSPS) is 22.5. The molecule has 118 valence electrons. The van der Waals surface area contributed by atoms with Gasteiger partial charge in [-0.1, -0.05) is 0 Å². The maximum absolute atomic E-state index is 12.5. The molecular formula is C16H21N3O2S. The molecule has 1 amide bonds. The van der Waals surface area contributed by atoms with Gasteiger partial charge in [-0.3, -0.25) is 9.69 Å². The maximum Gasteiger partial charge on any atom is 0.251 e. The van der Waals surface area contributed by atoms with Crippen molar-refractivity contribution < 1.29 is 9.53 Å². The van der Waals surface area contributed by atoms with Gasteiger partial charge in [-0.25, -0.2) is 4.98 Å². The summed E-state index contributed by atoms with van der Waals surface area (Å²) in [4.78, 5) is 19.1. The number of nitrogens with zero attached hydrogens (tertiary/aromatic N) is 2. The SMILES string of the molecule is CO[C@H]1CN(C(C)C)C[C@@H]1NC(=O)c1ccc2scnc2c1. The molecule has 0 radical (unpaired) electrons. The quantitative estimate of drug-likeness (QED) is 0.938. The number of methoxy groups -OCH3 is 1. The smallest absolute Gasteiger partial charge is 0.251 e. The summed E-state index contributed by atoms with van der Waals surface area (Å²) >= 11 is 1.58. The molecule has 1 aromatic heterocycles. The number of nitrogens with one attached hydrogen (secondary N) is 1. The number of ether oxygens (including phenoxy) is 1. The summed E-state index contributed by atoms with van der Waals surface area (Å²) < 4.78 is 6.63. The van der Waals surface area contributed by atoms with Crippen molar-refractivity contribution >= 4 is 27.5 Å². The van der Waals surface area contributed by atoms with E-state index in [9.17, 15) is 4.79 Å². The Balaban J connectivity index is 1.72. The largest absolute Gasteiger partial charge is 0.378 e. The van der Waals surface area contributed by atoms with Crippen LogP contribution in [-0.4, -0.2) is 54.2 Å². The molecule has 2 aromatic rings. The minimum absolute atomic E-state index is 0.0195. The van der Waals surface area contributed by atoms with Crippen molar-refractivity contribution in [2.24, 2.45) is 0 Å². The fraction of sp³-hybridized carbons (Fsp3) is 0.500. The lowest BCUT2D eigenvalue weighted by atomic mass is 10.1. The molecule has 22 heavy (non-hydrogen) atoms. The fourth-order valence-corrected chi connectivity index (χ4v) is 3.51. The van der Waals surface area contributed by atoms with E-state index in [0.717, 1.165) is 23.3 Å². The Hall–Kier alpha value is -1.50. The number of carbonyl (C=O) groups excluding carboxylic acids is 1. The number of thiazole rings is 1. The first-order valence-electron chi connectivity index (χ1n) is 7.49. The van der Waals surface area contributed by atoms with E-state index in [-0.39, 0.29) is 18.1 Å². The molecule has 1 aromatic carbocycles. The van der Waals surface area contributed by atoms with Gasteiger partial charge < -0.3 is 10.1 Å². The molecule has 1 saturated heterocycles. The Morgan fingerprint density at radius 3 is 3.00 bits per heavy atom. The highest BCUT2D eigenvalue weighted by Gasteiger charge is 2.35. The third kappa shape index (κ3) is 2.99. The van der Waals surface area contributed by atoms with E-state index in [1.165, 1.54) is 0 Å². The van der Waals surface area contributed by atoms with Gasteiger partial charge in [0.25, 0.3) is 5.91 Å². The molecule has 1 fully saturated rings. The zero-order chi connectivity index (χ0) is 15.7. The minimum atomic E-state index is -0.0624. The second kappa shape index (κ2) is 6.32. The molecule has 0 saturated carbocycles. The number of rotatable bonds is 4. The average Bonchev–Trinajstić information content (AvgIpc) is 3.12. The molecule has 2 atom stereocenters. The van der Waals surface area contributed by atoms with E-state index in [1.807, 2.05) is 18.2 Å². The van der Waals surface area contributed by atoms with Crippen LogP contribution in [0.4, 0.5) is 0 Å². The number of likely N-dealkylation sites (tertiary alicyclic amines) is 1. The molecular weight excluding hydrogens is 298 g/mol. The Morgan fingerprint density at radius 2 is 2.27 bits per heavy atom. The van der Waals surface area contributed by atoms with Crippen molar-refractivity contribution in [3.63, 3.8) is 0 Å². The van der Waals surface area contributed by atoms with Crippen LogP contribution < -0.4 is 5.32 Å². The van der Waals surface area contributed by atoms with Gasteiger partial charge in [-0.05, 0) is 32.0 Å². The van der Waals surface area contributed by atoms with Crippen LogP contribution in [0.25, 0.3) is 10.2 Å². The van der Waals surface area contributed by atoms with Crippen LogP contribution in [0, 0.1) is 0 Å². The third-order valence-electron chi connectivity index (χ3n) is 4.24. The number of carbonyl (C=O) groups is 1. The molecule has 0 aliphatic carbocycles. The van der Waals surface area contributed by atoms with E-state index in [4.69, 9.17) is 4.74 Å². The van der Waals surface area contributed by atoms with E-state index in [1.54, 1.807) is 24.0 Å². The van der Waals surface area contributed by atoms with E-state index in [0.29, 0.717) is 11.6 Å². The highest BCUT2D eigenvalue weighted by atomic mass is 32.1. The van der Waals surface area contributed by atoms with Crippen LogP contribution >= 0.6 is 11.3 Å². The van der Waals surface area contributed by atoms with Gasteiger partial charge in [-0.15, -0.1) is 11.3 Å². The van der Waals surface area contributed by atoms with Crippen LogP contribution in [0.15, 0.2) is 23.7 Å². The van der Waals surface area contributed by atoms with E-state index >= 15 is 0 Å². The van der Waals surface area contributed by atoms with Crippen LogP contribution in [0.2, 0.25) is 0 Å². The van der Waals surface area contributed by atoms with Crippen LogP contribution in [0.5, 0.6) is 0 Å². The fourth-order valence-electron chi connectivity index (χ4n) is 2.85. The Kier molecular flexibility index (Phi) is 4.42. The van der Waals surface area contributed by atoms with Gasteiger partial charge >= 0.3 is 0 Å². The zero-order valence-corrected chi connectivity index (χ0v) is 13.9. The van der Waals surface area contributed by atoms with Crippen molar-refractivity contribution in [1.82, 2.24) is 15.2 Å². The molecule has 0 bridgehead atoms. The van der Waals surface area contributed by atoms with Gasteiger partial charge in [0.05, 0.1) is 27.9 Å². The monoisotopic (exact) mass is 319 g/mol. The summed E-state index contributed by atoms with van der Waals surface area (Å²) in [6, 6.07) is 6.12. The first kappa shape index (κ1) is 15.4. The molecule has 1 N–H and O–H groups in total. The van der Waals surface area contributed by atoms with Gasteiger partial charge in [0.1, 0.15) is 0 Å². The van der Waals surface area contributed by atoms with Gasteiger partial charge in [0.2, 0.25) is 0 Å². The summed E-state index contributed by atoms with van der Waals surface area (Å²) in [5.74, 6) is -0.0624. The highest BCUT2D eigenvalue weighted by molar-refractivity contribution is 7.16. The van der Waals surface area contributed by atoms with Crippen molar-refractivity contribution in [2.75, 3.05) is 20.2 Å². The lowest BCUT2D eigenvalue weighted by Crippen LogP contribution is -2.43. The van der Waals surface area contributed by atoms with E-state index in [2.05, 4.69) is 29.0 Å². The highest BCUT2D eigenvalue weighted by Crippen LogP contribution is 2.20. The molecule has 5 nitrogen and oxygen atoms in total. The van der Waals surface area contributed by atoms with Crippen LogP contribution in [-0.2, 0) is 4.74 Å². The molecule has 0 spiro atoms. The number of aromatic nitrogens is 1. The standard InChI is InChI=1S/C16H21N3O2S/c1-10(2)19-7-13(14(8-19)21-3)18-16(20)11-4-5-15-12(6-11)17-9-22-15/h4-6,9-10,13-14H,7-8H2,1-3H3,(H,18,20)/t13-,14-/m0/s1. The summed E-state index contributed by atoms with van der Waals surface area (Å²) in [6.07, 6.45) is 0.0364. The van der Waals surface area contributed by atoms with Crippen molar-refractivity contribution in [3.8, 4) is 0 Å². The molecule has 2 heterocycles. The molecule has 0 unspecified atom stereocenters. The van der Waals surface area contributed by atoms with Crippen LogP contribution in [0.1, 0.15) is 24.2 Å². The number of hydrogen-bond donors (Lipinski definition) is 1. The van der Waals surface area contributed by atoms with Gasteiger partial charge in [0, 0.05) is 31.8 Å². The predicted octanol–water partition coefficient (Wildman–Crippen LogP) is 2.13.